The monoisotopic (exact) mass is 384 g/mol. The summed E-state index contributed by atoms with van der Waals surface area (Å²) in [6, 6.07) is 26.8. The molecule has 0 saturated carbocycles. The minimum atomic E-state index is -0.00830. The van der Waals surface area contributed by atoms with Crippen molar-refractivity contribution in [1.82, 2.24) is 0 Å². The number of nitrogens with zero attached hydrogens (tertiary/aromatic N) is 1. The van der Waals surface area contributed by atoms with E-state index < -0.39 is 0 Å². The fourth-order valence-electron chi connectivity index (χ4n) is 4.11. The highest BCUT2D eigenvalue weighted by molar-refractivity contribution is 6.07. The van der Waals surface area contributed by atoms with E-state index in [-0.39, 0.29) is 23.8 Å². The van der Waals surface area contributed by atoms with Gasteiger partial charge in [-0.15, -0.1) is 0 Å². The lowest BCUT2D eigenvalue weighted by atomic mass is 9.83. The van der Waals surface area contributed by atoms with Gasteiger partial charge in [-0.3, -0.25) is 9.59 Å². The van der Waals surface area contributed by atoms with Crippen LogP contribution in [0.5, 0.6) is 0 Å². The number of carbonyl (C=O) groups excluding carboxylic acids is 2. The number of fused-ring (bicyclic) bond motifs is 1. The van der Waals surface area contributed by atoms with Crippen LogP contribution in [0.3, 0.4) is 0 Å². The minimum Gasteiger partial charge on any atom is -0.326 e. The SMILES string of the molecule is C[C@H]1C[C@@H](CC(=O)Nc2ccccc2)c2ccccc2N1C(=O)c1ccccc1. The van der Waals surface area contributed by atoms with Gasteiger partial charge in [-0.1, -0.05) is 54.6 Å². The van der Waals surface area contributed by atoms with Gasteiger partial charge in [0.1, 0.15) is 0 Å². The molecule has 2 atom stereocenters. The largest absolute Gasteiger partial charge is 0.326 e. The summed E-state index contributed by atoms with van der Waals surface area (Å²) in [6.07, 6.45) is 1.14. The fourth-order valence-corrected chi connectivity index (χ4v) is 4.11. The first-order chi connectivity index (χ1) is 14.1. The maximum absolute atomic E-state index is 13.2. The second kappa shape index (κ2) is 8.31. The molecule has 1 aliphatic heterocycles. The molecule has 1 N–H and O–H groups in total. The number of benzene rings is 3. The van der Waals surface area contributed by atoms with E-state index in [4.69, 9.17) is 0 Å². The summed E-state index contributed by atoms with van der Waals surface area (Å²) in [4.78, 5) is 27.7. The second-order valence-corrected chi connectivity index (χ2v) is 7.50. The Morgan fingerprint density at radius 1 is 0.897 bits per heavy atom. The maximum atomic E-state index is 13.2. The van der Waals surface area contributed by atoms with Crippen LogP contribution < -0.4 is 10.2 Å². The van der Waals surface area contributed by atoms with E-state index in [1.54, 1.807) is 0 Å². The predicted octanol–water partition coefficient (Wildman–Crippen LogP) is 5.24. The van der Waals surface area contributed by atoms with Gasteiger partial charge in [0.05, 0.1) is 0 Å². The Labute approximate surface area is 171 Å². The number of anilines is 2. The molecule has 0 aliphatic carbocycles. The lowest BCUT2D eigenvalue weighted by Crippen LogP contribution is -2.43. The van der Waals surface area contributed by atoms with Crippen molar-refractivity contribution in [2.45, 2.75) is 31.7 Å². The first-order valence-electron chi connectivity index (χ1n) is 9.96. The van der Waals surface area contributed by atoms with Gasteiger partial charge < -0.3 is 10.2 Å². The van der Waals surface area contributed by atoms with Crippen molar-refractivity contribution >= 4 is 23.2 Å². The van der Waals surface area contributed by atoms with E-state index in [0.29, 0.717) is 12.0 Å². The van der Waals surface area contributed by atoms with Crippen molar-refractivity contribution in [3.8, 4) is 0 Å². The average Bonchev–Trinajstić information content (AvgIpc) is 2.75. The first-order valence-corrected chi connectivity index (χ1v) is 9.96. The topological polar surface area (TPSA) is 49.4 Å². The highest BCUT2D eigenvalue weighted by atomic mass is 16.2. The molecule has 0 aromatic heterocycles. The van der Waals surface area contributed by atoms with Crippen molar-refractivity contribution in [1.29, 1.82) is 0 Å². The highest BCUT2D eigenvalue weighted by Gasteiger charge is 2.34. The molecule has 4 rings (SSSR count). The summed E-state index contributed by atoms with van der Waals surface area (Å²) in [5.74, 6) is 0.0634. The molecule has 0 fully saturated rings. The van der Waals surface area contributed by atoms with Gasteiger partial charge in [0.2, 0.25) is 5.91 Å². The number of nitrogens with one attached hydrogen (secondary N) is 1. The highest BCUT2D eigenvalue weighted by Crippen LogP contribution is 2.40. The second-order valence-electron chi connectivity index (χ2n) is 7.50. The third-order valence-electron chi connectivity index (χ3n) is 5.43. The summed E-state index contributed by atoms with van der Waals surface area (Å²) in [5, 5.41) is 2.98. The number of hydrogen-bond donors (Lipinski definition) is 1. The molecule has 4 heteroatoms. The third kappa shape index (κ3) is 4.06. The van der Waals surface area contributed by atoms with Crippen LogP contribution in [0, 0.1) is 0 Å². The molecule has 0 spiro atoms. The molecule has 0 radical (unpaired) electrons. The fraction of sp³-hybridized carbons (Fsp3) is 0.200. The van der Waals surface area contributed by atoms with Gasteiger partial charge in [0.15, 0.2) is 0 Å². The molecule has 29 heavy (non-hydrogen) atoms. The van der Waals surface area contributed by atoms with Crippen LogP contribution >= 0.6 is 0 Å². The number of carbonyl (C=O) groups is 2. The summed E-state index contributed by atoms with van der Waals surface area (Å²) in [6.45, 7) is 2.05. The summed E-state index contributed by atoms with van der Waals surface area (Å²) < 4.78 is 0. The Kier molecular flexibility index (Phi) is 5.43. The molecule has 4 nitrogen and oxygen atoms in total. The molecule has 1 heterocycles. The van der Waals surface area contributed by atoms with Crippen molar-refractivity contribution in [2.24, 2.45) is 0 Å². The zero-order chi connectivity index (χ0) is 20.2. The average molecular weight is 384 g/mol. The van der Waals surface area contributed by atoms with Crippen molar-refractivity contribution in [3.05, 3.63) is 96.1 Å². The number of hydrogen-bond acceptors (Lipinski definition) is 2. The van der Waals surface area contributed by atoms with E-state index >= 15 is 0 Å². The zero-order valence-corrected chi connectivity index (χ0v) is 16.4. The third-order valence-corrected chi connectivity index (χ3v) is 5.43. The van der Waals surface area contributed by atoms with Crippen LogP contribution in [0.4, 0.5) is 11.4 Å². The predicted molar refractivity (Wildman–Crippen MR) is 116 cm³/mol. The molecule has 0 unspecified atom stereocenters. The number of para-hydroxylation sites is 2. The summed E-state index contributed by atoms with van der Waals surface area (Å²) in [7, 11) is 0. The molecule has 3 aromatic rings. The van der Waals surface area contributed by atoms with Gasteiger partial charge in [0, 0.05) is 29.4 Å². The Balaban J connectivity index is 1.58. The van der Waals surface area contributed by atoms with Gasteiger partial charge in [-0.25, -0.2) is 0 Å². The number of amides is 2. The summed E-state index contributed by atoms with van der Waals surface area (Å²) in [5.41, 5.74) is 3.43. The van der Waals surface area contributed by atoms with Crippen LogP contribution in [0.1, 0.15) is 41.6 Å². The quantitative estimate of drug-likeness (QED) is 0.669. The molecule has 0 saturated heterocycles. The smallest absolute Gasteiger partial charge is 0.258 e. The van der Waals surface area contributed by atoms with Crippen LogP contribution in [0.15, 0.2) is 84.9 Å². The van der Waals surface area contributed by atoms with Crippen molar-refractivity contribution in [3.63, 3.8) is 0 Å². The lowest BCUT2D eigenvalue weighted by Gasteiger charge is -2.39. The Morgan fingerprint density at radius 3 is 2.24 bits per heavy atom. The van der Waals surface area contributed by atoms with Crippen LogP contribution in [-0.4, -0.2) is 17.9 Å². The molecular formula is C25H24N2O2. The van der Waals surface area contributed by atoms with Crippen molar-refractivity contribution in [2.75, 3.05) is 10.2 Å². The Hall–Kier alpha value is -3.40. The van der Waals surface area contributed by atoms with E-state index in [9.17, 15) is 9.59 Å². The Morgan fingerprint density at radius 2 is 1.52 bits per heavy atom. The van der Waals surface area contributed by atoms with Crippen molar-refractivity contribution < 1.29 is 9.59 Å². The van der Waals surface area contributed by atoms with Gasteiger partial charge >= 0.3 is 0 Å². The molecule has 3 aromatic carbocycles. The molecule has 146 valence electrons. The van der Waals surface area contributed by atoms with Crippen LogP contribution in [0.2, 0.25) is 0 Å². The van der Waals surface area contributed by atoms with Crippen LogP contribution in [0.25, 0.3) is 0 Å². The minimum absolute atomic E-state index is 0.00210. The van der Waals surface area contributed by atoms with E-state index in [1.165, 1.54) is 0 Å². The van der Waals surface area contributed by atoms with E-state index in [2.05, 4.69) is 12.2 Å². The molecule has 0 bridgehead atoms. The van der Waals surface area contributed by atoms with Crippen LogP contribution in [-0.2, 0) is 4.79 Å². The van der Waals surface area contributed by atoms with E-state index in [1.807, 2.05) is 89.8 Å². The molecule has 2 amide bonds. The van der Waals surface area contributed by atoms with Gasteiger partial charge in [0.25, 0.3) is 5.91 Å². The normalized spacial score (nSPS) is 18.0. The first kappa shape index (κ1) is 18.9. The Bertz CT molecular complexity index is 1000. The molecule has 1 aliphatic rings. The molecular weight excluding hydrogens is 360 g/mol. The van der Waals surface area contributed by atoms with E-state index in [0.717, 1.165) is 23.4 Å². The van der Waals surface area contributed by atoms with Gasteiger partial charge in [-0.2, -0.15) is 0 Å². The number of rotatable bonds is 4. The lowest BCUT2D eigenvalue weighted by molar-refractivity contribution is -0.116. The summed E-state index contributed by atoms with van der Waals surface area (Å²) >= 11 is 0. The zero-order valence-electron chi connectivity index (χ0n) is 16.4. The van der Waals surface area contributed by atoms with Gasteiger partial charge in [-0.05, 0) is 55.2 Å². The maximum Gasteiger partial charge on any atom is 0.258 e. The standard InChI is InChI=1S/C25H24N2O2/c1-18-16-20(17-24(28)26-21-12-6-3-7-13-21)22-14-8-9-15-23(22)27(18)25(29)19-10-4-2-5-11-19/h2-15,18,20H,16-17H2,1H3,(H,26,28)/t18-,20-/m0/s1.